The van der Waals surface area contributed by atoms with Crippen LogP contribution in [0, 0.1) is 6.92 Å². The Hall–Kier alpha value is -2.80. The smallest absolute Gasteiger partial charge is 0.212 e. The standard InChI is InChI=1S/C19H19N5OS/c1-12-10-13(20-2)8-9-14(12)16-11-26-19-22-21-18(24(19)23-16)15-6-4-5-7-17(15)25-3/h4-10,20H,11H2,1-3H3. The number of para-hydroxylation sites is 1. The van der Waals surface area contributed by atoms with Gasteiger partial charge in [-0.25, -0.2) is 0 Å². The topological polar surface area (TPSA) is 64.3 Å². The van der Waals surface area contributed by atoms with Crippen LogP contribution in [0.3, 0.4) is 0 Å². The molecule has 1 aliphatic heterocycles. The molecule has 0 bridgehead atoms. The van der Waals surface area contributed by atoms with E-state index in [2.05, 4.69) is 40.6 Å². The number of hydrogen-bond acceptors (Lipinski definition) is 6. The largest absolute Gasteiger partial charge is 0.496 e. The molecule has 3 aromatic rings. The number of aryl methyl sites for hydroxylation is 1. The van der Waals surface area contributed by atoms with E-state index in [0.717, 1.165) is 39.2 Å². The lowest BCUT2D eigenvalue weighted by Gasteiger charge is -2.16. The fraction of sp³-hybridized carbons (Fsp3) is 0.211. The molecule has 0 atom stereocenters. The summed E-state index contributed by atoms with van der Waals surface area (Å²) in [6, 6.07) is 14.1. The number of rotatable bonds is 4. The van der Waals surface area contributed by atoms with E-state index >= 15 is 0 Å². The summed E-state index contributed by atoms with van der Waals surface area (Å²) < 4.78 is 7.29. The van der Waals surface area contributed by atoms with Crippen molar-refractivity contribution in [2.75, 3.05) is 25.2 Å². The molecule has 0 spiro atoms. The van der Waals surface area contributed by atoms with Crippen LogP contribution < -0.4 is 10.1 Å². The molecular formula is C19H19N5OS. The highest BCUT2D eigenvalue weighted by Gasteiger charge is 2.23. The fourth-order valence-electron chi connectivity index (χ4n) is 3.00. The van der Waals surface area contributed by atoms with Crippen molar-refractivity contribution in [3.8, 4) is 17.1 Å². The number of nitrogens with one attached hydrogen (secondary N) is 1. The van der Waals surface area contributed by atoms with Gasteiger partial charge in [-0.05, 0) is 36.8 Å². The average molecular weight is 365 g/mol. The van der Waals surface area contributed by atoms with E-state index in [1.165, 1.54) is 5.56 Å². The third-order valence-electron chi connectivity index (χ3n) is 4.34. The lowest BCUT2D eigenvalue weighted by Crippen LogP contribution is -2.15. The van der Waals surface area contributed by atoms with E-state index in [1.807, 2.05) is 36.0 Å². The van der Waals surface area contributed by atoms with E-state index in [1.54, 1.807) is 18.9 Å². The van der Waals surface area contributed by atoms with Crippen LogP contribution in [0.5, 0.6) is 5.75 Å². The van der Waals surface area contributed by atoms with Crippen LogP contribution >= 0.6 is 11.8 Å². The summed E-state index contributed by atoms with van der Waals surface area (Å²) >= 11 is 1.64. The molecule has 0 unspecified atom stereocenters. The normalized spacial score (nSPS) is 13.1. The van der Waals surface area contributed by atoms with Crippen molar-refractivity contribution in [1.82, 2.24) is 14.9 Å². The molecule has 0 fully saturated rings. The molecule has 132 valence electrons. The predicted octanol–water partition coefficient (Wildman–Crippen LogP) is 3.66. The third kappa shape index (κ3) is 2.84. The Balaban J connectivity index is 1.80. The van der Waals surface area contributed by atoms with Gasteiger partial charge in [0.1, 0.15) is 5.75 Å². The first-order valence-electron chi connectivity index (χ1n) is 8.29. The SMILES string of the molecule is CNc1ccc(C2=Nn3c(nnc3-c3ccccc3OC)SC2)c(C)c1. The maximum Gasteiger partial charge on any atom is 0.212 e. The van der Waals surface area contributed by atoms with E-state index in [4.69, 9.17) is 9.84 Å². The van der Waals surface area contributed by atoms with Gasteiger partial charge in [-0.2, -0.15) is 9.78 Å². The lowest BCUT2D eigenvalue weighted by molar-refractivity contribution is 0.416. The van der Waals surface area contributed by atoms with E-state index in [9.17, 15) is 0 Å². The number of nitrogens with zero attached hydrogens (tertiary/aromatic N) is 4. The van der Waals surface area contributed by atoms with Crippen LogP contribution in [0.25, 0.3) is 11.4 Å². The van der Waals surface area contributed by atoms with Crippen LogP contribution in [-0.2, 0) is 0 Å². The number of fused-ring (bicyclic) bond motifs is 1. The fourth-order valence-corrected chi connectivity index (χ4v) is 3.83. The zero-order valence-corrected chi connectivity index (χ0v) is 15.7. The molecule has 0 radical (unpaired) electrons. The minimum atomic E-state index is 0.687. The average Bonchev–Trinajstić information content (AvgIpc) is 3.10. The second-order valence-corrected chi connectivity index (χ2v) is 6.88. The van der Waals surface area contributed by atoms with Crippen LogP contribution in [0.2, 0.25) is 0 Å². The summed E-state index contributed by atoms with van der Waals surface area (Å²) in [5, 5.41) is 17.5. The lowest BCUT2D eigenvalue weighted by atomic mass is 10.0. The van der Waals surface area contributed by atoms with Gasteiger partial charge in [0.2, 0.25) is 5.16 Å². The molecule has 4 rings (SSSR count). The van der Waals surface area contributed by atoms with Gasteiger partial charge in [0.15, 0.2) is 5.82 Å². The zero-order valence-electron chi connectivity index (χ0n) is 14.9. The number of thioether (sulfide) groups is 1. The molecule has 2 heterocycles. The maximum atomic E-state index is 5.47. The Morgan fingerprint density at radius 3 is 2.73 bits per heavy atom. The molecule has 7 heteroatoms. The molecule has 26 heavy (non-hydrogen) atoms. The molecule has 0 saturated carbocycles. The second kappa shape index (κ2) is 6.84. The summed E-state index contributed by atoms with van der Waals surface area (Å²) in [5.41, 5.74) is 5.31. The van der Waals surface area contributed by atoms with E-state index in [-0.39, 0.29) is 0 Å². The van der Waals surface area contributed by atoms with Gasteiger partial charge in [-0.15, -0.1) is 10.2 Å². The molecular weight excluding hydrogens is 346 g/mol. The van der Waals surface area contributed by atoms with Crippen LogP contribution in [-0.4, -0.2) is 40.5 Å². The van der Waals surface area contributed by atoms with Crippen molar-refractivity contribution in [1.29, 1.82) is 0 Å². The Kier molecular flexibility index (Phi) is 4.38. The van der Waals surface area contributed by atoms with Crippen LogP contribution in [0.1, 0.15) is 11.1 Å². The van der Waals surface area contributed by atoms with Crippen LogP contribution in [0.15, 0.2) is 52.7 Å². The van der Waals surface area contributed by atoms with Crippen molar-refractivity contribution < 1.29 is 4.74 Å². The summed E-state index contributed by atoms with van der Waals surface area (Å²) in [5.74, 6) is 2.21. The summed E-state index contributed by atoms with van der Waals surface area (Å²) in [4.78, 5) is 0. The molecule has 0 amide bonds. The predicted molar refractivity (Wildman–Crippen MR) is 105 cm³/mol. The number of benzene rings is 2. The molecule has 1 N–H and O–H groups in total. The van der Waals surface area contributed by atoms with Crippen LogP contribution in [0.4, 0.5) is 5.69 Å². The highest BCUT2D eigenvalue weighted by Crippen LogP contribution is 2.33. The highest BCUT2D eigenvalue weighted by molar-refractivity contribution is 7.99. The monoisotopic (exact) mass is 365 g/mol. The first-order valence-corrected chi connectivity index (χ1v) is 9.28. The summed E-state index contributed by atoms with van der Waals surface area (Å²) in [6.07, 6.45) is 0. The number of hydrogen-bond donors (Lipinski definition) is 1. The van der Waals surface area contributed by atoms with Crippen molar-refractivity contribution in [2.24, 2.45) is 5.10 Å². The van der Waals surface area contributed by atoms with E-state index < -0.39 is 0 Å². The van der Waals surface area contributed by atoms with Crippen molar-refractivity contribution >= 4 is 23.2 Å². The molecule has 1 aliphatic rings. The molecule has 0 saturated heterocycles. The summed E-state index contributed by atoms with van der Waals surface area (Å²) in [7, 11) is 3.58. The first-order chi connectivity index (χ1) is 12.7. The van der Waals surface area contributed by atoms with Gasteiger partial charge in [-0.1, -0.05) is 30.0 Å². The van der Waals surface area contributed by atoms with Gasteiger partial charge >= 0.3 is 0 Å². The van der Waals surface area contributed by atoms with Crippen molar-refractivity contribution in [3.63, 3.8) is 0 Å². The van der Waals surface area contributed by atoms with Gasteiger partial charge in [0.05, 0.1) is 18.4 Å². The molecule has 1 aromatic heterocycles. The molecule has 2 aromatic carbocycles. The second-order valence-electron chi connectivity index (χ2n) is 5.93. The Bertz CT molecular complexity index is 995. The third-order valence-corrected chi connectivity index (χ3v) is 5.28. The number of anilines is 1. The number of ether oxygens (including phenoxy) is 1. The van der Waals surface area contributed by atoms with Gasteiger partial charge in [0, 0.05) is 24.1 Å². The Labute approximate surface area is 156 Å². The zero-order chi connectivity index (χ0) is 18.1. The van der Waals surface area contributed by atoms with Gasteiger partial charge < -0.3 is 10.1 Å². The maximum absolute atomic E-state index is 5.47. The van der Waals surface area contributed by atoms with Crippen molar-refractivity contribution in [2.45, 2.75) is 12.1 Å². The number of methoxy groups -OCH3 is 1. The molecule has 0 aliphatic carbocycles. The minimum absolute atomic E-state index is 0.687. The van der Waals surface area contributed by atoms with Gasteiger partial charge in [-0.3, -0.25) is 0 Å². The number of aromatic nitrogens is 3. The molecule has 6 nitrogen and oxygen atoms in total. The summed E-state index contributed by atoms with van der Waals surface area (Å²) in [6.45, 7) is 2.10. The quantitative estimate of drug-likeness (QED) is 0.764. The van der Waals surface area contributed by atoms with E-state index in [0.29, 0.717) is 5.82 Å². The minimum Gasteiger partial charge on any atom is -0.496 e. The highest BCUT2D eigenvalue weighted by atomic mass is 32.2. The van der Waals surface area contributed by atoms with Crippen molar-refractivity contribution in [3.05, 3.63) is 53.6 Å². The Morgan fingerprint density at radius 2 is 1.96 bits per heavy atom. The Morgan fingerprint density at radius 1 is 1.12 bits per heavy atom. The first kappa shape index (κ1) is 16.7. The van der Waals surface area contributed by atoms with Gasteiger partial charge in [0.25, 0.3) is 0 Å².